The zero-order valence-electron chi connectivity index (χ0n) is 17.1. The summed E-state index contributed by atoms with van der Waals surface area (Å²) < 4.78 is 5.81. The molecule has 5 heterocycles. The molecule has 2 bridgehead atoms. The average molecular weight is 411 g/mol. The van der Waals surface area contributed by atoms with Gasteiger partial charge in [-0.2, -0.15) is 0 Å². The molecule has 0 N–H and O–H groups in total. The number of amides is 1. The first-order valence-electron chi connectivity index (χ1n) is 10.7. The molecule has 1 aliphatic carbocycles. The summed E-state index contributed by atoms with van der Waals surface area (Å²) in [6.45, 7) is 8.56. The Morgan fingerprint density at radius 1 is 1.28 bits per heavy atom. The average Bonchev–Trinajstić information content (AvgIpc) is 3.01. The number of anilines is 1. The first-order chi connectivity index (χ1) is 14.0. The SMILES string of the molecule is Cc1nc(C)c(-c2cc3c(c(N4CC5CC4CO5)n2)C(=O)N([C@@H](C)C2CC2)C3)s1. The van der Waals surface area contributed by atoms with Crippen molar-refractivity contribution >= 4 is 23.1 Å². The lowest BCUT2D eigenvalue weighted by Crippen LogP contribution is -2.39. The van der Waals surface area contributed by atoms with Crippen LogP contribution in [0.25, 0.3) is 10.6 Å². The monoisotopic (exact) mass is 410 g/mol. The Morgan fingerprint density at radius 3 is 2.72 bits per heavy atom. The molecule has 1 amide bonds. The van der Waals surface area contributed by atoms with Crippen LogP contribution >= 0.6 is 11.3 Å². The molecule has 3 atom stereocenters. The molecular formula is C22H26N4O2S. The van der Waals surface area contributed by atoms with Gasteiger partial charge in [0.1, 0.15) is 5.82 Å². The highest BCUT2D eigenvalue weighted by atomic mass is 32.1. The van der Waals surface area contributed by atoms with Crippen molar-refractivity contribution in [1.82, 2.24) is 14.9 Å². The second-order valence-corrected chi connectivity index (χ2v) is 10.2. The second kappa shape index (κ2) is 6.25. The number of carbonyl (C=O) groups excluding carboxylic acids is 1. The number of aryl methyl sites for hydroxylation is 2. The van der Waals surface area contributed by atoms with Gasteiger partial charge < -0.3 is 14.5 Å². The van der Waals surface area contributed by atoms with Crippen LogP contribution in [-0.4, -0.2) is 52.1 Å². The van der Waals surface area contributed by atoms with E-state index in [1.165, 1.54) is 12.8 Å². The summed E-state index contributed by atoms with van der Waals surface area (Å²) in [5, 5.41) is 1.05. The lowest BCUT2D eigenvalue weighted by atomic mass is 10.1. The third-order valence-corrected chi connectivity index (χ3v) is 8.10. The van der Waals surface area contributed by atoms with E-state index in [1.54, 1.807) is 11.3 Å². The Labute approximate surface area is 174 Å². The van der Waals surface area contributed by atoms with Gasteiger partial charge in [0.15, 0.2) is 0 Å². The molecule has 0 radical (unpaired) electrons. The number of carbonyl (C=O) groups is 1. The van der Waals surface area contributed by atoms with Crippen molar-refractivity contribution < 1.29 is 9.53 Å². The number of hydrogen-bond donors (Lipinski definition) is 0. The Bertz CT molecular complexity index is 1010. The molecule has 0 aromatic carbocycles. The Hall–Kier alpha value is -1.99. The van der Waals surface area contributed by atoms with E-state index in [9.17, 15) is 4.79 Å². The van der Waals surface area contributed by atoms with E-state index in [2.05, 4.69) is 27.8 Å². The van der Waals surface area contributed by atoms with Crippen LogP contribution in [-0.2, 0) is 11.3 Å². The lowest BCUT2D eigenvalue weighted by molar-refractivity contribution is 0.0696. The Balaban J connectivity index is 1.47. The smallest absolute Gasteiger partial charge is 0.258 e. The standard InChI is InChI=1S/C22H26N4O2S/c1-11-20(29-13(3)23-11)18-6-15-8-25(12(2)14-4-5-14)22(27)19(15)21(24-18)26-9-17-7-16(26)10-28-17/h6,12,14,16-17H,4-5,7-10H2,1-3H3/t12-,16?,17?/m0/s1. The van der Waals surface area contributed by atoms with E-state index >= 15 is 0 Å². The minimum absolute atomic E-state index is 0.161. The van der Waals surface area contributed by atoms with E-state index < -0.39 is 0 Å². The maximum Gasteiger partial charge on any atom is 0.258 e. The molecule has 3 aliphatic heterocycles. The van der Waals surface area contributed by atoms with Gasteiger partial charge in [-0.15, -0.1) is 11.3 Å². The van der Waals surface area contributed by atoms with Crippen LogP contribution in [0.4, 0.5) is 5.82 Å². The van der Waals surface area contributed by atoms with E-state index in [-0.39, 0.29) is 12.0 Å². The highest BCUT2D eigenvalue weighted by molar-refractivity contribution is 7.15. The van der Waals surface area contributed by atoms with E-state index in [4.69, 9.17) is 9.72 Å². The van der Waals surface area contributed by atoms with Gasteiger partial charge in [-0.25, -0.2) is 9.97 Å². The number of rotatable bonds is 4. The fourth-order valence-electron chi connectivity index (χ4n) is 5.25. The predicted octanol–water partition coefficient (Wildman–Crippen LogP) is 3.55. The van der Waals surface area contributed by atoms with Gasteiger partial charge in [-0.05, 0) is 57.6 Å². The van der Waals surface area contributed by atoms with E-state index in [0.717, 1.165) is 57.8 Å². The quantitative estimate of drug-likeness (QED) is 0.771. The summed E-state index contributed by atoms with van der Waals surface area (Å²) in [6, 6.07) is 2.78. The molecule has 7 heteroatoms. The minimum atomic E-state index is 0.161. The molecule has 6 rings (SSSR count). The molecule has 3 fully saturated rings. The van der Waals surface area contributed by atoms with E-state index in [0.29, 0.717) is 24.5 Å². The normalized spacial score (nSPS) is 26.5. The van der Waals surface area contributed by atoms with Crippen LogP contribution in [0.5, 0.6) is 0 Å². The number of hydrogen-bond acceptors (Lipinski definition) is 6. The largest absolute Gasteiger partial charge is 0.374 e. The van der Waals surface area contributed by atoms with Crippen LogP contribution < -0.4 is 4.90 Å². The van der Waals surface area contributed by atoms with Crippen molar-refractivity contribution in [3.05, 3.63) is 27.9 Å². The van der Waals surface area contributed by atoms with Gasteiger partial charge >= 0.3 is 0 Å². The molecule has 152 valence electrons. The molecule has 2 saturated heterocycles. The second-order valence-electron chi connectivity index (χ2n) is 9.02. The van der Waals surface area contributed by atoms with Crippen molar-refractivity contribution in [2.45, 2.75) is 64.8 Å². The maximum atomic E-state index is 13.5. The third kappa shape index (κ3) is 2.74. The lowest BCUT2D eigenvalue weighted by Gasteiger charge is -2.30. The highest BCUT2D eigenvalue weighted by Gasteiger charge is 2.45. The zero-order valence-corrected chi connectivity index (χ0v) is 18.0. The van der Waals surface area contributed by atoms with Crippen LogP contribution in [0.2, 0.25) is 0 Å². The van der Waals surface area contributed by atoms with Gasteiger partial charge in [0.05, 0.1) is 45.6 Å². The Kier molecular flexibility index (Phi) is 3.84. The molecule has 2 aromatic heterocycles. The number of morpholine rings is 1. The summed E-state index contributed by atoms with van der Waals surface area (Å²) >= 11 is 1.69. The number of pyridine rings is 1. The highest BCUT2D eigenvalue weighted by Crippen LogP contribution is 2.43. The minimum Gasteiger partial charge on any atom is -0.374 e. The first-order valence-corrected chi connectivity index (χ1v) is 11.5. The predicted molar refractivity (Wildman–Crippen MR) is 112 cm³/mol. The molecule has 29 heavy (non-hydrogen) atoms. The van der Waals surface area contributed by atoms with E-state index in [1.807, 2.05) is 13.8 Å². The summed E-state index contributed by atoms with van der Waals surface area (Å²) in [6.07, 6.45) is 3.79. The summed E-state index contributed by atoms with van der Waals surface area (Å²) in [4.78, 5) is 28.7. The van der Waals surface area contributed by atoms with Gasteiger partial charge in [0.25, 0.3) is 5.91 Å². The summed E-state index contributed by atoms with van der Waals surface area (Å²) in [5.74, 6) is 1.69. The third-order valence-electron chi connectivity index (χ3n) is 7.00. The number of fused-ring (bicyclic) bond motifs is 3. The maximum absolute atomic E-state index is 13.5. The van der Waals surface area contributed by atoms with Crippen LogP contribution in [0.15, 0.2) is 6.07 Å². The molecule has 6 nitrogen and oxygen atoms in total. The number of ether oxygens (including phenoxy) is 1. The van der Waals surface area contributed by atoms with Crippen molar-refractivity contribution in [3.63, 3.8) is 0 Å². The Morgan fingerprint density at radius 2 is 2.10 bits per heavy atom. The molecule has 4 aliphatic rings. The molecule has 0 spiro atoms. The van der Waals surface area contributed by atoms with Crippen LogP contribution in [0, 0.1) is 19.8 Å². The van der Waals surface area contributed by atoms with Crippen molar-refractivity contribution in [3.8, 4) is 10.6 Å². The summed E-state index contributed by atoms with van der Waals surface area (Å²) in [7, 11) is 0. The molecule has 2 unspecified atom stereocenters. The molecule has 1 saturated carbocycles. The fourth-order valence-corrected chi connectivity index (χ4v) is 6.13. The molecule has 2 aromatic rings. The summed E-state index contributed by atoms with van der Waals surface area (Å²) in [5.41, 5.74) is 3.92. The number of nitrogens with zero attached hydrogens (tertiary/aromatic N) is 4. The van der Waals surface area contributed by atoms with Gasteiger partial charge in [-0.1, -0.05) is 0 Å². The van der Waals surface area contributed by atoms with Gasteiger partial charge in [0.2, 0.25) is 0 Å². The fraction of sp³-hybridized carbons (Fsp3) is 0.591. The van der Waals surface area contributed by atoms with Crippen molar-refractivity contribution in [2.24, 2.45) is 5.92 Å². The van der Waals surface area contributed by atoms with Crippen molar-refractivity contribution in [1.29, 1.82) is 0 Å². The van der Waals surface area contributed by atoms with Crippen LogP contribution in [0.3, 0.4) is 0 Å². The first kappa shape index (κ1) is 17.8. The zero-order chi connectivity index (χ0) is 19.9. The topological polar surface area (TPSA) is 58.6 Å². The number of thiazole rings is 1. The van der Waals surface area contributed by atoms with Gasteiger partial charge in [0, 0.05) is 19.1 Å². The van der Waals surface area contributed by atoms with Gasteiger partial charge in [-0.3, -0.25) is 4.79 Å². The van der Waals surface area contributed by atoms with Crippen LogP contribution in [0.1, 0.15) is 52.8 Å². The van der Waals surface area contributed by atoms with Crippen molar-refractivity contribution in [2.75, 3.05) is 18.1 Å². The molecular weight excluding hydrogens is 384 g/mol. The number of aromatic nitrogens is 2.